The molecule has 0 aromatic rings. The fraction of sp³-hybridized carbons (Fsp3) is 1.00. The van der Waals surface area contributed by atoms with Gasteiger partial charge in [-0.3, -0.25) is 10.1 Å². The summed E-state index contributed by atoms with van der Waals surface area (Å²) in [6.45, 7) is 2.20. The standard InChI is InChI=1S/C14H23NO6/c16-15(17)9-11-4-5-14(20-7-8-21-14)12(11)10-19-13-3-1-2-6-18-13/h11-13H,1-10H2. The molecule has 0 bridgehead atoms. The van der Waals surface area contributed by atoms with Crippen molar-refractivity contribution in [2.24, 2.45) is 11.8 Å². The molecule has 7 nitrogen and oxygen atoms in total. The maximum Gasteiger partial charge on any atom is 0.207 e. The molecule has 21 heavy (non-hydrogen) atoms. The molecule has 2 aliphatic heterocycles. The monoisotopic (exact) mass is 301 g/mol. The molecular weight excluding hydrogens is 278 g/mol. The average Bonchev–Trinajstić information content (AvgIpc) is 3.07. The summed E-state index contributed by atoms with van der Waals surface area (Å²) < 4.78 is 23.0. The van der Waals surface area contributed by atoms with Crippen LogP contribution in [-0.4, -0.2) is 50.0 Å². The number of rotatable bonds is 5. The van der Waals surface area contributed by atoms with Gasteiger partial charge in [-0.1, -0.05) is 0 Å². The Labute approximate surface area is 124 Å². The first-order chi connectivity index (χ1) is 10.2. The third kappa shape index (κ3) is 3.36. The molecule has 0 amide bonds. The molecule has 3 fully saturated rings. The van der Waals surface area contributed by atoms with Gasteiger partial charge in [-0.2, -0.15) is 0 Å². The van der Waals surface area contributed by atoms with Crippen molar-refractivity contribution < 1.29 is 23.9 Å². The van der Waals surface area contributed by atoms with Gasteiger partial charge in [-0.05, 0) is 25.7 Å². The van der Waals surface area contributed by atoms with Crippen LogP contribution in [0.3, 0.4) is 0 Å². The van der Waals surface area contributed by atoms with E-state index >= 15 is 0 Å². The summed E-state index contributed by atoms with van der Waals surface area (Å²) in [5.41, 5.74) is 0. The fourth-order valence-corrected chi connectivity index (χ4v) is 3.69. The van der Waals surface area contributed by atoms with Gasteiger partial charge in [0.05, 0.1) is 19.8 Å². The Morgan fingerprint density at radius 2 is 2.00 bits per heavy atom. The van der Waals surface area contributed by atoms with Gasteiger partial charge in [0.2, 0.25) is 6.54 Å². The predicted molar refractivity (Wildman–Crippen MR) is 72.3 cm³/mol. The second kappa shape index (κ2) is 6.56. The minimum atomic E-state index is -0.671. The molecule has 3 atom stereocenters. The molecule has 0 aromatic heterocycles. The molecule has 1 spiro atoms. The number of ether oxygens (including phenoxy) is 4. The second-order valence-corrected chi connectivity index (χ2v) is 6.06. The highest BCUT2D eigenvalue weighted by atomic mass is 16.7. The van der Waals surface area contributed by atoms with Gasteiger partial charge in [0.15, 0.2) is 12.1 Å². The van der Waals surface area contributed by atoms with E-state index in [0.717, 1.165) is 32.3 Å². The molecule has 3 aliphatic rings. The Morgan fingerprint density at radius 1 is 1.19 bits per heavy atom. The van der Waals surface area contributed by atoms with Gasteiger partial charge in [0.1, 0.15) is 0 Å². The van der Waals surface area contributed by atoms with Crippen LogP contribution >= 0.6 is 0 Å². The lowest BCUT2D eigenvalue weighted by atomic mass is 9.93. The summed E-state index contributed by atoms with van der Waals surface area (Å²) in [5, 5.41) is 10.9. The fourth-order valence-electron chi connectivity index (χ4n) is 3.69. The minimum absolute atomic E-state index is 0.0476. The summed E-state index contributed by atoms with van der Waals surface area (Å²) in [4.78, 5) is 10.6. The summed E-state index contributed by atoms with van der Waals surface area (Å²) in [6.07, 6.45) is 4.34. The van der Waals surface area contributed by atoms with E-state index in [2.05, 4.69) is 0 Å². The number of nitrogens with zero attached hydrogens (tertiary/aromatic N) is 1. The van der Waals surface area contributed by atoms with E-state index in [1.54, 1.807) is 0 Å². The van der Waals surface area contributed by atoms with Gasteiger partial charge < -0.3 is 18.9 Å². The first-order valence-electron chi connectivity index (χ1n) is 7.82. The van der Waals surface area contributed by atoms with Crippen molar-refractivity contribution in [3.8, 4) is 0 Å². The first-order valence-corrected chi connectivity index (χ1v) is 7.82. The molecule has 120 valence electrons. The molecule has 1 saturated carbocycles. The van der Waals surface area contributed by atoms with Gasteiger partial charge in [0.25, 0.3) is 0 Å². The Hall–Kier alpha value is -0.760. The number of hydrogen-bond acceptors (Lipinski definition) is 6. The van der Waals surface area contributed by atoms with Crippen LogP contribution in [0.2, 0.25) is 0 Å². The molecule has 3 unspecified atom stereocenters. The van der Waals surface area contributed by atoms with Crippen LogP contribution in [0.4, 0.5) is 0 Å². The maximum absolute atomic E-state index is 10.9. The molecule has 2 saturated heterocycles. The minimum Gasteiger partial charge on any atom is -0.353 e. The molecule has 0 radical (unpaired) electrons. The van der Waals surface area contributed by atoms with E-state index in [-0.39, 0.29) is 29.6 Å². The third-order valence-electron chi connectivity index (χ3n) is 4.76. The summed E-state index contributed by atoms with van der Waals surface area (Å²) in [7, 11) is 0. The zero-order valence-corrected chi connectivity index (χ0v) is 12.2. The van der Waals surface area contributed by atoms with Crippen LogP contribution in [0.15, 0.2) is 0 Å². The molecule has 0 aromatic carbocycles. The van der Waals surface area contributed by atoms with Crippen molar-refractivity contribution in [1.29, 1.82) is 0 Å². The topological polar surface area (TPSA) is 80.1 Å². The lowest BCUT2D eigenvalue weighted by Gasteiger charge is -2.32. The predicted octanol–water partition coefficient (Wildman–Crippen LogP) is 1.58. The van der Waals surface area contributed by atoms with Crippen LogP contribution in [0.5, 0.6) is 0 Å². The Kier molecular flexibility index (Phi) is 4.73. The quantitative estimate of drug-likeness (QED) is 0.566. The zero-order chi connectivity index (χ0) is 14.7. The van der Waals surface area contributed by atoms with Crippen LogP contribution in [0, 0.1) is 22.0 Å². The van der Waals surface area contributed by atoms with E-state index in [0.29, 0.717) is 26.2 Å². The number of nitro groups is 1. The van der Waals surface area contributed by atoms with Crippen molar-refractivity contribution >= 4 is 0 Å². The Balaban J connectivity index is 1.62. The Bertz CT molecular complexity index is 364. The third-order valence-corrected chi connectivity index (χ3v) is 4.76. The van der Waals surface area contributed by atoms with E-state index < -0.39 is 5.79 Å². The largest absolute Gasteiger partial charge is 0.353 e. The highest BCUT2D eigenvalue weighted by molar-refractivity contribution is 4.94. The number of hydrogen-bond donors (Lipinski definition) is 0. The lowest BCUT2D eigenvalue weighted by molar-refractivity contribution is -0.490. The average molecular weight is 301 g/mol. The summed E-state index contributed by atoms with van der Waals surface area (Å²) in [5.74, 6) is -0.812. The van der Waals surface area contributed by atoms with Crippen LogP contribution in [0.25, 0.3) is 0 Å². The SMILES string of the molecule is O=[N+]([O-])CC1CCC2(OCCO2)C1COC1CCCCO1. The molecule has 0 N–H and O–H groups in total. The van der Waals surface area contributed by atoms with Crippen LogP contribution in [0.1, 0.15) is 32.1 Å². The van der Waals surface area contributed by atoms with Gasteiger partial charge >= 0.3 is 0 Å². The summed E-state index contributed by atoms with van der Waals surface area (Å²) in [6, 6.07) is 0. The lowest BCUT2D eigenvalue weighted by Crippen LogP contribution is -2.42. The highest BCUT2D eigenvalue weighted by Crippen LogP contribution is 2.46. The van der Waals surface area contributed by atoms with E-state index in [4.69, 9.17) is 18.9 Å². The smallest absolute Gasteiger partial charge is 0.207 e. The van der Waals surface area contributed by atoms with E-state index in [9.17, 15) is 10.1 Å². The molecule has 3 rings (SSSR count). The van der Waals surface area contributed by atoms with E-state index in [1.165, 1.54) is 0 Å². The highest BCUT2D eigenvalue weighted by Gasteiger charge is 2.54. The van der Waals surface area contributed by atoms with Gasteiger partial charge in [0, 0.05) is 29.8 Å². The molecule has 7 heteroatoms. The van der Waals surface area contributed by atoms with Crippen LogP contribution in [-0.2, 0) is 18.9 Å². The molecule has 1 aliphatic carbocycles. The summed E-state index contributed by atoms with van der Waals surface area (Å²) >= 11 is 0. The van der Waals surface area contributed by atoms with Gasteiger partial charge in [-0.25, -0.2) is 0 Å². The van der Waals surface area contributed by atoms with E-state index in [1.807, 2.05) is 0 Å². The van der Waals surface area contributed by atoms with Crippen molar-refractivity contribution in [2.75, 3.05) is 33.0 Å². The first kappa shape index (κ1) is 15.1. The van der Waals surface area contributed by atoms with Crippen molar-refractivity contribution in [1.82, 2.24) is 0 Å². The maximum atomic E-state index is 10.9. The van der Waals surface area contributed by atoms with Gasteiger partial charge in [-0.15, -0.1) is 0 Å². The van der Waals surface area contributed by atoms with Crippen molar-refractivity contribution in [2.45, 2.75) is 44.2 Å². The van der Waals surface area contributed by atoms with Crippen molar-refractivity contribution in [3.05, 3.63) is 10.1 Å². The van der Waals surface area contributed by atoms with Crippen molar-refractivity contribution in [3.63, 3.8) is 0 Å². The molecule has 2 heterocycles. The normalized spacial score (nSPS) is 35.3. The molecular formula is C14H23NO6. The zero-order valence-electron chi connectivity index (χ0n) is 12.2. The van der Waals surface area contributed by atoms with Crippen LogP contribution < -0.4 is 0 Å². The Morgan fingerprint density at radius 3 is 2.67 bits per heavy atom. The second-order valence-electron chi connectivity index (χ2n) is 6.06.